The number of para-hydroxylation sites is 2. The highest BCUT2D eigenvalue weighted by molar-refractivity contribution is 6.05. The molecule has 5 nitrogen and oxygen atoms in total. The van der Waals surface area contributed by atoms with Crippen molar-refractivity contribution in [1.82, 2.24) is 0 Å². The van der Waals surface area contributed by atoms with Gasteiger partial charge in [-0.25, -0.2) is 4.79 Å². The highest BCUT2D eigenvalue weighted by atomic mass is 19.3. The molecule has 3 aromatic rings. The summed E-state index contributed by atoms with van der Waals surface area (Å²) in [7, 11) is 0. The SMILES string of the molecule is O=C(COC(=O)c1cccc2ccccc12)Nc1ccccc1OC(F)F. The van der Waals surface area contributed by atoms with Crippen LogP contribution in [0, 0.1) is 0 Å². The van der Waals surface area contributed by atoms with Gasteiger partial charge in [-0.2, -0.15) is 8.78 Å². The van der Waals surface area contributed by atoms with E-state index in [-0.39, 0.29) is 11.4 Å². The summed E-state index contributed by atoms with van der Waals surface area (Å²) in [4.78, 5) is 24.3. The predicted molar refractivity (Wildman–Crippen MR) is 95.9 cm³/mol. The van der Waals surface area contributed by atoms with Gasteiger partial charge in [0.1, 0.15) is 5.75 Å². The second-order valence-corrected chi connectivity index (χ2v) is 5.53. The Morgan fingerprint density at radius 1 is 0.926 bits per heavy atom. The Bertz CT molecular complexity index is 970. The molecule has 0 aliphatic heterocycles. The molecule has 0 spiro atoms. The van der Waals surface area contributed by atoms with Crippen LogP contribution >= 0.6 is 0 Å². The summed E-state index contributed by atoms with van der Waals surface area (Å²) in [5, 5.41) is 3.96. The van der Waals surface area contributed by atoms with Crippen molar-refractivity contribution in [2.45, 2.75) is 6.61 Å². The number of fused-ring (bicyclic) bond motifs is 1. The van der Waals surface area contributed by atoms with Crippen LogP contribution in [0.5, 0.6) is 5.75 Å². The van der Waals surface area contributed by atoms with E-state index in [4.69, 9.17) is 4.74 Å². The number of anilines is 1. The minimum Gasteiger partial charge on any atom is -0.452 e. The van der Waals surface area contributed by atoms with E-state index in [1.165, 1.54) is 18.2 Å². The number of esters is 1. The highest BCUT2D eigenvalue weighted by Crippen LogP contribution is 2.25. The number of nitrogens with one attached hydrogen (secondary N) is 1. The topological polar surface area (TPSA) is 64.6 Å². The zero-order valence-corrected chi connectivity index (χ0v) is 14.0. The molecule has 0 heterocycles. The van der Waals surface area contributed by atoms with Gasteiger partial charge < -0.3 is 14.8 Å². The van der Waals surface area contributed by atoms with E-state index >= 15 is 0 Å². The lowest BCUT2D eigenvalue weighted by atomic mass is 10.1. The number of benzene rings is 3. The molecule has 0 atom stereocenters. The molecule has 3 rings (SSSR count). The van der Waals surface area contributed by atoms with Crippen LogP contribution < -0.4 is 10.1 Å². The first-order chi connectivity index (χ1) is 13.0. The number of carbonyl (C=O) groups excluding carboxylic acids is 2. The smallest absolute Gasteiger partial charge is 0.387 e. The third-order valence-corrected chi connectivity index (χ3v) is 3.72. The quantitative estimate of drug-likeness (QED) is 0.659. The maximum absolute atomic E-state index is 12.4. The van der Waals surface area contributed by atoms with E-state index in [2.05, 4.69) is 10.1 Å². The Balaban J connectivity index is 1.65. The molecule has 0 saturated heterocycles. The van der Waals surface area contributed by atoms with Gasteiger partial charge in [0.05, 0.1) is 11.3 Å². The molecule has 0 aromatic heterocycles. The first-order valence-electron chi connectivity index (χ1n) is 8.03. The zero-order valence-electron chi connectivity index (χ0n) is 14.0. The van der Waals surface area contributed by atoms with Crippen molar-refractivity contribution in [3.63, 3.8) is 0 Å². The van der Waals surface area contributed by atoms with Crippen molar-refractivity contribution in [2.75, 3.05) is 11.9 Å². The number of halogens is 2. The molecular formula is C20H15F2NO4. The summed E-state index contributed by atoms with van der Waals surface area (Å²) >= 11 is 0. The fourth-order valence-electron chi connectivity index (χ4n) is 2.57. The van der Waals surface area contributed by atoms with Gasteiger partial charge in [0, 0.05) is 0 Å². The van der Waals surface area contributed by atoms with Gasteiger partial charge in [-0.3, -0.25) is 4.79 Å². The van der Waals surface area contributed by atoms with Crippen LogP contribution in [0.1, 0.15) is 10.4 Å². The Morgan fingerprint density at radius 3 is 2.44 bits per heavy atom. The maximum atomic E-state index is 12.4. The average molecular weight is 371 g/mol. The van der Waals surface area contributed by atoms with Gasteiger partial charge in [-0.1, -0.05) is 48.5 Å². The summed E-state index contributed by atoms with van der Waals surface area (Å²) in [6.45, 7) is -3.59. The summed E-state index contributed by atoms with van der Waals surface area (Å²) in [6, 6.07) is 18.2. The first-order valence-corrected chi connectivity index (χ1v) is 8.03. The normalized spacial score (nSPS) is 10.6. The van der Waals surface area contributed by atoms with Crippen molar-refractivity contribution in [3.8, 4) is 5.75 Å². The minimum absolute atomic E-state index is 0.0593. The van der Waals surface area contributed by atoms with Crippen LogP contribution in [-0.4, -0.2) is 25.1 Å². The first kappa shape index (κ1) is 18.3. The number of ether oxygens (including phenoxy) is 2. The number of alkyl halides is 2. The largest absolute Gasteiger partial charge is 0.452 e. The summed E-state index contributed by atoms with van der Waals surface area (Å²) in [5.74, 6) is -1.51. The second kappa shape index (κ2) is 8.27. The molecule has 3 aromatic carbocycles. The molecule has 0 saturated carbocycles. The number of hydrogen-bond acceptors (Lipinski definition) is 4. The Kier molecular flexibility index (Phi) is 5.61. The third-order valence-electron chi connectivity index (χ3n) is 3.72. The van der Waals surface area contributed by atoms with E-state index in [1.54, 1.807) is 30.3 Å². The van der Waals surface area contributed by atoms with Crippen LogP contribution in [0.4, 0.5) is 14.5 Å². The fourth-order valence-corrected chi connectivity index (χ4v) is 2.57. The van der Waals surface area contributed by atoms with Crippen molar-refractivity contribution in [1.29, 1.82) is 0 Å². The van der Waals surface area contributed by atoms with E-state index in [1.807, 2.05) is 18.2 Å². The van der Waals surface area contributed by atoms with Crippen LogP contribution in [-0.2, 0) is 9.53 Å². The van der Waals surface area contributed by atoms with Crippen LogP contribution in [0.15, 0.2) is 66.7 Å². The summed E-state index contributed by atoms with van der Waals surface area (Å²) in [6.07, 6.45) is 0. The van der Waals surface area contributed by atoms with Crippen molar-refractivity contribution in [2.24, 2.45) is 0 Å². The summed E-state index contributed by atoms with van der Waals surface area (Å²) in [5.41, 5.74) is 0.395. The lowest BCUT2D eigenvalue weighted by molar-refractivity contribution is -0.119. The molecule has 0 bridgehead atoms. The predicted octanol–water partition coefficient (Wildman–Crippen LogP) is 4.24. The second-order valence-electron chi connectivity index (χ2n) is 5.53. The zero-order chi connectivity index (χ0) is 19.2. The van der Waals surface area contributed by atoms with Gasteiger partial charge in [0.2, 0.25) is 0 Å². The van der Waals surface area contributed by atoms with Gasteiger partial charge in [0.25, 0.3) is 5.91 Å². The van der Waals surface area contributed by atoms with Crippen LogP contribution in [0.3, 0.4) is 0 Å². The molecule has 0 unspecified atom stereocenters. The Morgan fingerprint density at radius 2 is 1.63 bits per heavy atom. The van der Waals surface area contributed by atoms with Gasteiger partial charge in [0.15, 0.2) is 6.61 Å². The average Bonchev–Trinajstić information content (AvgIpc) is 2.67. The van der Waals surface area contributed by atoms with Gasteiger partial charge in [-0.05, 0) is 29.0 Å². The molecule has 0 aliphatic carbocycles. The molecule has 0 radical (unpaired) electrons. The monoisotopic (exact) mass is 371 g/mol. The van der Waals surface area contributed by atoms with Crippen molar-refractivity contribution in [3.05, 3.63) is 72.3 Å². The van der Waals surface area contributed by atoms with E-state index in [9.17, 15) is 18.4 Å². The van der Waals surface area contributed by atoms with Crippen LogP contribution in [0.2, 0.25) is 0 Å². The van der Waals surface area contributed by atoms with E-state index in [0.717, 1.165) is 5.39 Å². The molecule has 7 heteroatoms. The van der Waals surface area contributed by atoms with Gasteiger partial charge >= 0.3 is 12.6 Å². The molecule has 1 amide bonds. The van der Waals surface area contributed by atoms with Crippen LogP contribution in [0.25, 0.3) is 10.8 Å². The third kappa shape index (κ3) is 4.58. The van der Waals surface area contributed by atoms with E-state index in [0.29, 0.717) is 10.9 Å². The standard InChI is InChI=1S/C20H15F2NO4/c21-20(22)27-17-11-4-3-10-16(17)23-18(24)12-26-19(25)15-9-5-7-13-6-1-2-8-14(13)15/h1-11,20H,12H2,(H,23,24). The molecule has 138 valence electrons. The maximum Gasteiger partial charge on any atom is 0.387 e. The molecule has 0 aliphatic rings. The lowest BCUT2D eigenvalue weighted by Gasteiger charge is -2.12. The Hall–Kier alpha value is -3.48. The number of hydrogen-bond donors (Lipinski definition) is 1. The molecular weight excluding hydrogens is 356 g/mol. The lowest BCUT2D eigenvalue weighted by Crippen LogP contribution is -2.21. The summed E-state index contributed by atoms with van der Waals surface area (Å²) < 4.78 is 34.2. The molecule has 1 N–H and O–H groups in total. The van der Waals surface area contributed by atoms with Gasteiger partial charge in [-0.15, -0.1) is 0 Å². The Labute approximate surface area is 153 Å². The fraction of sp³-hybridized carbons (Fsp3) is 0.100. The molecule has 27 heavy (non-hydrogen) atoms. The number of rotatable bonds is 6. The highest BCUT2D eigenvalue weighted by Gasteiger charge is 2.15. The van der Waals surface area contributed by atoms with Crippen molar-refractivity contribution >= 4 is 28.3 Å². The van der Waals surface area contributed by atoms with E-state index < -0.39 is 25.1 Å². The van der Waals surface area contributed by atoms with Crippen molar-refractivity contribution < 1.29 is 27.8 Å². The number of amides is 1. The number of carbonyl (C=O) groups is 2. The molecule has 0 fully saturated rings. The minimum atomic E-state index is -3.02.